The Kier molecular flexibility index (Phi) is 4.94. The second-order valence-electron chi connectivity index (χ2n) is 5.59. The lowest BCUT2D eigenvalue weighted by molar-refractivity contribution is -0.144. The Morgan fingerprint density at radius 2 is 2.12 bits per heavy atom. The van der Waals surface area contributed by atoms with Gasteiger partial charge in [-0.3, -0.25) is 4.79 Å². The fourth-order valence-corrected chi connectivity index (χ4v) is 3.00. The van der Waals surface area contributed by atoms with Crippen molar-refractivity contribution in [2.75, 3.05) is 12.4 Å². The normalized spacial score (nSPS) is 16.2. The van der Waals surface area contributed by atoms with E-state index in [1.165, 1.54) is 11.8 Å². The lowest BCUT2D eigenvalue weighted by Crippen LogP contribution is -2.24. The van der Waals surface area contributed by atoms with E-state index in [4.69, 9.17) is 14.2 Å². The average molecular weight is 349 g/mol. The summed E-state index contributed by atoms with van der Waals surface area (Å²) in [4.78, 5) is 11.6. The molecule has 24 heavy (non-hydrogen) atoms. The van der Waals surface area contributed by atoms with Crippen molar-refractivity contribution in [2.45, 2.75) is 31.2 Å². The SMILES string of the molecule is CC(C)OC(=O)CSc1nnc(C2COc3ccccc3O2)n1C. The molecule has 1 aromatic heterocycles. The summed E-state index contributed by atoms with van der Waals surface area (Å²) >= 11 is 1.29. The third-order valence-electron chi connectivity index (χ3n) is 3.35. The molecule has 2 aromatic rings. The summed E-state index contributed by atoms with van der Waals surface area (Å²) in [6.07, 6.45) is -0.463. The summed E-state index contributed by atoms with van der Waals surface area (Å²) in [5.41, 5.74) is 0. The Hall–Kier alpha value is -2.22. The number of thioether (sulfide) groups is 1. The zero-order chi connectivity index (χ0) is 17.1. The molecule has 0 saturated heterocycles. The first-order valence-electron chi connectivity index (χ1n) is 7.64. The number of ether oxygens (including phenoxy) is 3. The number of para-hydroxylation sites is 2. The number of nitrogens with zero attached hydrogens (tertiary/aromatic N) is 3. The van der Waals surface area contributed by atoms with Gasteiger partial charge in [-0.1, -0.05) is 23.9 Å². The Morgan fingerprint density at radius 3 is 2.88 bits per heavy atom. The molecule has 3 rings (SSSR count). The second-order valence-corrected chi connectivity index (χ2v) is 6.53. The van der Waals surface area contributed by atoms with Crippen molar-refractivity contribution in [1.29, 1.82) is 0 Å². The smallest absolute Gasteiger partial charge is 0.316 e. The molecule has 0 amide bonds. The Balaban J connectivity index is 1.66. The van der Waals surface area contributed by atoms with Gasteiger partial charge in [0.25, 0.3) is 0 Å². The van der Waals surface area contributed by atoms with Crippen LogP contribution < -0.4 is 9.47 Å². The van der Waals surface area contributed by atoms with Crippen LogP contribution in [0.25, 0.3) is 0 Å². The predicted octanol–water partition coefficient (Wildman–Crippen LogP) is 2.37. The maximum atomic E-state index is 11.6. The molecule has 1 atom stereocenters. The van der Waals surface area contributed by atoms with E-state index in [0.717, 1.165) is 5.75 Å². The molecular weight excluding hydrogens is 330 g/mol. The van der Waals surface area contributed by atoms with Crippen molar-refractivity contribution in [2.24, 2.45) is 7.05 Å². The standard InChI is InChI=1S/C16H19N3O4S/c1-10(2)22-14(20)9-24-16-18-17-15(19(16)3)13-8-21-11-6-4-5-7-12(11)23-13/h4-7,10,13H,8-9H2,1-3H3. The van der Waals surface area contributed by atoms with E-state index in [2.05, 4.69) is 10.2 Å². The minimum absolute atomic E-state index is 0.124. The van der Waals surface area contributed by atoms with Crippen molar-refractivity contribution in [1.82, 2.24) is 14.8 Å². The molecule has 2 heterocycles. The minimum Gasteiger partial charge on any atom is -0.485 e. The van der Waals surface area contributed by atoms with E-state index < -0.39 is 0 Å². The van der Waals surface area contributed by atoms with Crippen LogP contribution in [-0.4, -0.2) is 39.2 Å². The van der Waals surface area contributed by atoms with E-state index in [0.29, 0.717) is 23.3 Å². The summed E-state index contributed by atoms with van der Waals surface area (Å²) < 4.78 is 18.6. The maximum absolute atomic E-state index is 11.6. The molecule has 0 aliphatic carbocycles. The maximum Gasteiger partial charge on any atom is 0.316 e. The van der Waals surface area contributed by atoms with Crippen LogP contribution >= 0.6 is 11.8 Å². The molecule has 1 unspecified atom stereocenters. The van der Waals surface area contributed by atoms with Gasteiger partial charge in [0.15, 0.2) is 28.6 Å². The average Bonchev–Trinajstić information content (AvgIpc) is 2.92. The molecule has 8 heteroatoms. The lowest BCUT2D eigenvalue weighted by Gasteiger charge is -2.25. The molecule has 7 nitrogen and oxygen atoms in total. The number of carbonyl (C=O) groups is 1. The largest absolute Gasteiger partial charge is 0.485 e. The van der Waals surface area contributed by atoms with Crippen LogP contribution in [0.1, 0.15) is 25.8 Å². The van der Waals surface area contributed by atoms with Gasteiger partial charge in [-0.15, -0.1) is 10.2 Å². The first-order valence-corrected chi connectivity index (χ1v) is 8.63. The van der Waals surface area contributed by atoms with Gasteiger partial charge in [-0.25, -0.2) is 0 Å². The van der Waals surface area contributed by atoms with Gasteiger partial charge in [0.2, 0.25) is 0 Å². The number of hydrogen-bond acceptors (Lipinski definition) is 7. The quantitative estimate of drug-likeness (QED) is 0.606. The van der Waals surface area contributed by atoms with Crippen molar-refractivity contribution < 1.29 is 19.0 Å². The number of hydrogen-bond donors (Lipinski definition) is 0. The molecule has 0 spiro atoms. The number of fused-ring (bicyclic) bond motifs is 1. The summed E-state index contributed by atoms with van der Waals surface area (Å²) in [6.45, 7) is 4.01. The van der Waals surface area contributed by atoms with Gasteiger partial charge in [0, 0.05) is 7.05 Å². The van der Waals surface area contributed by atoms with Crippen molar-refractivity contribution >= 4 is 17.7 Å². The first kappa shape index (κ1) is 16.6. The molecule has 0 bridgehead atoms. The van der Waals surface area contributed by atoms with Crippen LogP contribution in [0.3, 0.4) is 0 Å². The van der Waals surface area contributed by atoms with E-state index in [1.54, 1.807) is 0 Å². The fourth-order valence-electron chi connectivity index (χ4n) is 2.30. The Morgan fingerprint density at radius 1 is 1.38 bits per heavy atom. The lowest BCUT2D eigenvalue weighted by atomic mass is 10.2. The monoisotopic (exact) mass is 349 g/mol. The van der Waals surface area contributed by atoms with Crippen molar-refractivity contribution in [3.05, 3.63) is 30.1 Å². The van der Waals surface area contributed by atoms with E-state index in [9.17, 15) is 4.79 Å². The van der Waals surface area contributed by atoms with Crippen LogP contribution in [0.2, 0.25) is 0 Å². The number of aromatic nitrogens is 3. The number of rotatable bonds is 5. The third kappa shape index (κ3) is 3.64. The molecular formula is C16H19N3O4S. The van der Waals surface area contributed by atoms with Gasteiger partial charge in [0.1, 0.15) is 6.61 Å². The molecule has 1 aliphatic rings. The zero-order valence-electron chi connectivity index (χ0n) is 13.8. The Bertz CT molecular complexity index is 732. The highest BCUT2D eigenvalue weighted by molar-refractivity contribution is 7.99. The highest BCUT2D eigenvalue weighted by atomic mass is 32.2. The van der Waals surface area contributed by atoms with Crippen molar-refractivity contribution in [3.8, 4) is 11.5 Å². The first-order chi connectivity index (χ1) is 11.5. The van der Waals surface area contributed by atoms with Crippen LogP contribution in [0, 0.1) is 0 Å². The van der Waals surface area contributed by atoms with E-state index >= 15 is 0 Å². The molecule has 0 fully saturated rings. The van der Waals surface area contributed by atoms with E-state index in [-0.39, 0.29) is 23.9 Å². The summed E-state index contributed by atoms with van der Waals surface area (Å²) in [7, 11) is 1.84. The van der Waals surface area contributed by atoms with Crippen molar-refractivity contribution in [3.63, 3.8) is 0 Å². The van der Waals surface area contributed by atoms with Crippen LogP contribution in [0.5, 0.6) is 11.5 Å². The van der Waals surface area contributed by atoms with Crippen LogP contribution in [0.4, 0.5) is 0 Å². The van der Waals surface area contributed by atoms with Crippen LogP contribution in [0.15, 0.2) is 29.4 Å². The summed E-state index contributed by atoms with van der Waals surface area (Å²) in [6, 6.07) is 7.51. The zero-order valence-corrected chi connectivity index (χ0v) is 14.6. The summed E-state index contributed by atoms with van der Waals surface area (Å²) in [5, 5.41) is 8.95. The topological polar surface area (TPSA) is 75.5 Å². The molecule has 0 saturated carbocycles. The van der Waals surface area contributed by atoms with Crippen LogP contribution in [-0.2, 0) is 16.6 Å². The third-order valence-corrected chi connectivity index (χ3v) is 4.35. The van der Waals surface area contributed by atoms with Gasteiger partial charge in [0.05, 0.1) is 11.9 Å². The van der Waals surface area contributed by atoms with Gasteiger partial charge >= 0.3 is 5.97 Å². The molecule has 0 radical (unpaired) electrons. The van der Waals surface area contributed by atoms with Gasteiger partial charge < -0.3 is 18.8 Å². The highest BCUT2D eigenvalue weighted by Crippen LogP contribution is 2.35. The molecule has 128 valence electrons. The number of carbonyl (C=O) groups excluding carboxylic acids is 1. The molecule has 1 aromatic carbocycles. The summed E-state index contributed by atoms with van der Waals surface area (Å²) in [5.74, 6) is 1.98. The predicted molar refractivity (Wildman–Crippen MR) is 88.3 cm³/mol. The molecule has 1 aliphatic heterocycles. The van der Waals surface area contributed by atoms with Gasteiger partial charge in [-0.2, -0.15) is 0 Å². The fraction of sp³-hybridized carbons (Fsp3) is 0.438. The number of esters is 1. The highest BCUT2D eigenvalue weighted by Gasteiger charge is 2.27. The number of benzene rings is 1. The Labute approximate surface area is 144 Å². The second kappa shape index (κ2) is 7.12. The molecule has 0 N–H and O–H groups in total. The minimum atomic E-state index is -0.339. The van der Waals surface area contributed by atoms with Gasteiger partial charge in [-0.05, 0) is 26.0 Å². The van der Waals surface area contributed by atoms with E-state index in [1.807, 2.05) is 49.7 Å².